The van der Waals surface area contributed by atoms with E-state index in [9.17, 15) is 18.0 Å². The third kappa shape index (κ3) is 5.44. The molecule has 5 heteroatoms. The molecule has 1 atom stereocenters. The lowest BCUT2D eigenvalue weighted by Crippen LogP contribution is -2.34. The van der Waals surface area contributed by atoms with Crippen LogP contribution in [-0.2, 0) is 9.53 Å². The lowest BCUT2D eigenvalue weighted by molar-refractivity contribution is -0.220. The largest absolute Gasteiger partial charge is 0.449 e. The first-order chi connectivity index (χ1) is 6.79. The molecule has 0 aromatic heterocycles. The zero-order valence-corrected chi connectivity index (χ0v) is 8.86. The second-order valence-corrected chi connectivity index (χ2v) is 3.36. The molecule has 0 rings (SSSR count). The molecule has 0 amide bonds. The molecule has 0 spiro atoms. The van der Waals surface area contributed by atoms with Gasteiger partial charge in [-0.1, -0.05) is 19.9 Å². The van der Waals surface area contributed by atoms with E-state index >= 15 is 0 Å². The fraction of sp³-hybridized carbons (Fsp3) is 0.700. The number of carbonyl (C=O) groups excluding carboxylic acids is 1. The average molecular weight is 224 g/mol. The molecule has 0 aliphatic heterocycles. The van der Waals surface area contributed by atoms with Crippen molar-refractivity contribution in [2.45, 2.75) is 45.4 Å². The van der Waals surface area contributed by atoms with Gasteiger partial charge in [0.1, 0.15) is 0 Å². The van der Waals surface area contributed by atoms with Gasteiger partial charge in [0.05, 0.1) is 0 Å². The molecule has 1 unspecified atom stereocenters. The maximum atomic E-state index is 12.4. The first-order valence-corrected chi connectivity index (χ1v) is 4.72. The smallest absolute Gasteiger partial charge is 0.425 e. The summed E-state index contributed by atoms with van der Waals surface area (Å²) in [6, 6.07) is 0. The standard InChI is InChI=1S/C10H15F3O2/c1-4-5-6-8(10(11,12)13)15-9(14)7(2)3/h8H,2,4-6H2,1,3H3. The van der Waals surface area contributed by atoms with Crippen LogP contribution in [0.4, 0.5) is 13.2 Å². The monoisotopic (exact) mass is 224 g/mol. The van der Waals surface area contributed by atoms with Crippen molar-refractivity contribution in [3.05, 3.63) is 12.2 Å². The van der Waals surface area contributed by atoms with E-state index in [1.807, 2.05) is 0 Å². The highest BCUT2D eigenvalue weighted by molar-refractivity contribution is 5.87. The van der Waals surface area contributed by atoms with Crippen molar-refractivity contribution in [2.24, 2.45) is 0 Å². The minimum Gasteiger partial charge on any atom is -0.449 e. The average Bonchev–Trinajstić information content (AvgIpc) is 2.09. The number of hydrogen-bond donors (Lipinski definition) is 0. The summed E-state index contributed by atoms with van der Waals surface area (Å²) < 4.78 is 41.4. The lowest BCUT2D eigenvalue weighted by Gasteiger charge is -2.20. The summed E-state index contributed by atoms with van der Waals surface area (Å²) in [6.07, 6.45) is -5.72. The normalized spacial score (nSPS) is 13.4. The van der Waals surface area contributed by atoms with Gasteiger partial charge in [-0.05, 0) is 19.8 Å². The third-order valence-electron chi connectivity index (χ3n) is 1.78. The van der Waals surface area contributed by atoms with Crippen molar-refractivity contribution in [2.75, 3.05) is 0 Å². The predicted octanol–water partition coefficient (Wildman–Crippen LogP) is 3.23. The molecule has 0 heterocycles. The summed E-state index contributed by atoms with van der Waals surface area (Å²) in [6.45, 7) is 6.32. The molecule has 0 bridgehead atoms. The maximum absolute atomic E-state index is 12.4. The molecule has 0 aliphatic rings. The number of unbranched alkanes of at least 4 members (excludes halogenated alkanes) is 1. The van der Waals surface area contributed by atoms with Gasteiger partial charge >= 0.3 is 12.1 Å². The number of halogens is 3. The Balaban J connectivity index is 4.38. The fourth-order valence-corrected chi connectivity index (χ4v) is 0.909. The summed E-state index contributed by atoms with van der Waals surface area (Å²) in [5.41, 5.74) is -0.0271. The number of carbonyl (C=O) groups is 1. The van der Waals surface area contributed by atoms with Crippen LogP contribution in [0.2, 0.25) is 0 Å². The molecule has 0 aromatic carbocycles. The lowest BCUT2D eigenvalue weighted by atomic mass is 10.1. The number of esters is 1. The summed E-state index contributed by atoms with van der Waals surface area (Å²) >= 11 is 0. The van der Waals surface area contributed by atoms with Gasteiger partial charge in [-0.2, -0.15) is 13.2 Å². The zero-order valence-electron chi connectivity index (χ0n) is 8.86. The van der Waals surface area contributed by atoms with Crippen molar-refractivity contribution >= 4 is 5.97 Å². The highest BCUT2D eigenvalue weighted by Gasteiger charge is 2.42. The Morgan fingerprint density at radius 1 is 1.47 bits per heavy atom. The van der Waals surface area contributed by atoms with Gasteiger partial charge in [0.15, 0.2) is 6.10 Å². The molecule has 0 radical (unpaired) electrons. The van der Waals surface area contributed by atoms with E-state index in [1.165, 1.54) is 6.92 Å². The van der Waals surface area contributed by atoms with Crippen LogP contribution in [0.3, 0.4) is 0 Å². The molecule has 0 aliphatic carbocycles. The van der Waals surface area contributed by atoms with Crippen molar-refractivity contribution in [3.63, 3.8) is 0 Å². The highest BCUT2D eigenvalue weighted by Crippen LogP contribution is 2.27. The van der Waals surface area contributed by atoms with Crippen LogP contribution in [0, 0.1) is 0 Å². The number of alkyl halides is 3. The maximum Gasteiger partial charge on any atom is 0.425 e. The molecule has 0 N–H and O–H groups in total. The molecule has 0 saturated carbocycles. The van der Waals surface area contributed by atoms with Crippen LogP contribution >= 0.6 is 0 Å². The van der Waals surface area contributed by atoms with Gasteiger partial charge < -0.3 is 4.74 Å². The van der Waals surface area contributed by atoms with Crippen LogP contribution in [0.25, 0.3) is 0 Å². The van der Waals surface area contributed by atoms with E-state index in [0.717, 1.165) is 0 Å². The van der Waals surface area contributed by atoms with Gasteiger partial charge in [-0.3, -0.25) is 0 Å². The Labute approximate surface area is 87.1 Å². The number of rotatable bonds is 5. The number of ether oxygens (including phenoxy) is 1. The van der Waals surface area contributed by atoms with E-state index in [0.29, 0.717) is 12.8 Å². The predicted molar refractivity (Wildman–Crippen MR) is 50.3 cm³/mol. The van der Waals surface area contributed by atoms with E-state index in [2.05, 4.69) is 11.3 Å². The molecule has 88 valence electrons. The van der Waals surface area contributed by atoms with Crippen molar-refractivity contribution in [3.8, 4) is 0 Å². The molecule has 15 heavy (non-hydrogen) atoms. The van der Waals surface area contributed by atoms with Crippen molar-refractivity contribution in [1.82, 2.24) is 0 Å². The molecule has 0 aromatic rings. The van der Waals surface area contributed by atoms with E-state index in [1.54, 1.807) is 6.92 Å². The van der Waals surface area contributed by atoms with Crippen LogP contribution < -0.4 is 0 Å². The minimum absolute atomic E-state index is 0.0271. The first-order valence-electron chi connectivity index (χ1n) is 4.72. The Bertz CT molecular complexity index is 233. The molecular weight excluding hydrogens is 209 g/mol. The Hall–Kier alpha value is -1.00. The highest BCUT2D eigenvalue weighted by atomic mass is 19.4. The van der Waals surface area contributed by atoms with E-state index in [4.69, 9.17) is 0 Å². The second kappa shape index (κ2) is 5.78. The number of hydrogen-bond acceptors (Lipinski definition) is 2. The topological polar surface area (TPSA) is 26.3 Å². The Morgan fingerprint density at radius 3 is 2.33 bits per heavy atom. The van der Waals surface area contributed by atoms with Crippen molar-refractivity contribution < 1.29 is 22.7 Å². The Morgan fingerprint density at radius 2 is 2.00 bits per heavy atom. The Kier molecular flexibility index (Phi) is 5.39. The van der Waals surface area contributed by atoms with Crippen LogP contribution in [-0.4, -0.2) is 18.2 Å². The second-order valence-electron chi connectivity index (χ2n) is 3.36. The van der Waals surface area contributed by atoms with Gasteiger partial charge in [-0.25, -0.2) is 4.79 Å². The summed E-state index contributed by atoms with van der Waals surface area (Å²) in [7, 11) is 0. The van der Waals surface area contributed by atoms with E-state index in [-0.39, 0.29) is 12.0 Å². The fourth-order valence-electron chi connectivity index (χ4n) is 0.909. The van der Waals surface area contributed by atoms with Gasteiger partial charge in [0.2, 0.25) is 0 Å². The quantitative estimate of drug-likeness (QED) is 0.529. The zero-order chi connectivity index (χ0) is 12.1. The first kappa shape index (κ1) is 14.0. The summed E-state index contributed by atoms with van der Waals surface area (Å²) in [5.74, 6) is -0.992. The van der Waals surface area contributed by atoms with Gasteiger partial charge in [0, 0.05) is 5.57 Å². The third-order valence-corrected chi connectivity index (χ3v) is 1.78. The molecule has 2 nitrogen and oxygen atoms in total. The van der Waals surface area contributed by atoms with Gasteiger partial charge in [-0.15, -0.1) is 0 Å². The molecule has 0 fully saturated rings. The molecular formula is C10H15F3O2. The summed E-state index contributed by atoms with van der Waals surface area (Å²) in [5, 5.41) is 0. The van der Waals surface area contributed by atoms with Crippen LogP contribution in [0.15, 0.2) is 12.2 Å². The summed E-state index contributed by atoms with van der Waals surface area (Å²) in [4.78, 5) is 10.9. The van der Waals surface area contributed by atoms with Crippen LogP contribution in [0.1, 0.15) is 33.1 Å². The van der Waals surface area contributed by atoms with Crippen molar-refractivity contribution in [1.29, 1.82) is 0 Å². The van der Waals surface area contributed by atoms with Gasteiger partial charge in [0.25, 0.3) is 0 Å². The van der Waals surface area contributed by atoms with E-state index < -0.39 is 18.2 Å². The van der Waals surface area contributed by atoms with Crippen LogP contribution in [0.5, 0.6) is 0 Å². The SMILES string of the molecule is C=C(C)C(=O)OC(CCCC)C(F)(F)F. The molecule has 0 saturated heterocycles. The minimum atomic E-state index is -4.50.